The van der Waals surface area contributed by atoms with Gasteiger partial charge in [0.25, 0.3) is 0 Å². The normalized spacial score (nSPS) is 17.2. The van der Waals surface area contributed by atoms with Crippen molar-refractivity contribution >= 4 is 11.3 Å². The summed E-state index contributed by atoms with van der Waals surface area (Å²) in [5.74, 6) is 0. The molecular weight excluding hydrogens is 188 g/mol. The minimum atomic E-state index is 0.913. The van der Waals surface area contributed by atoms with Crippen LogP contribution in [0.1, 0.15) is 19.3 Å². The van der Waals surface area contributed by atoms with Crippen molar-refractivity contribution in [3.63, 3.8) is 0 Å². The molecule has 0 amide bonds. The van der Waals surface area contributed by atoms with Crippen LogP contribution < -0.4 is 4.90 Å². The van der Waals surface area contributed by atoms with Gasteiger partial charge in [-0.05, 0) is 31.4 Å². The topological polar surface area (TPSA) is 33.4 Å². The predicted octanol–water partition coefficient (Wildman–Crippen LogP) is 1.72. The molecular formula is C11H14N4. The second kappa shape index (κ2) is 3.53. The standard InChI is InChI=1S/C11H14N4/c1-2-6-14(7-3-1)10-4-5-11-12-9-13-15(11)8-10/h4-5,8-9H,1-3,6-7H2. The Morgan fingerprint density at radius 3 is 2.80 bits per heavy atom. The zero-order chi connectivity index (χ0) is 10.1. The molecule has 15 heavy (non-hydrogen) atoms. The number of piperidine rings is 1. The fraction of sp³-hybridized carbons (Fsp3) is 0.455. The first-order valence-electron chi connectivity index (χ1n) is 5.48. The van der Waals surface area contributed by atoms with E-state index >= 15 is 0 Å². The van der Waals surface area contributed by atoms with Crippen LogP contribution in [0.2, 0.25) is 0 Å². The number of rotatable bonds is 1. The minimum Gasteiger partial charge on any atom is -0.370 e. The van der Waals surface area contributed by atoms with E-state index in [1.165, 1.54) is 38.0 Å². The number of pyridine rings is 1. The van der Waals surface area contributed by atoms with E-state index in [9.17, 15) is 0 Å². The lowest BCUT2D eigenvalue weighted by atomic mass is 10.1. The number of anilines is 1. The molecule has 1 aliphatic heterocycles. The summed E-state index contributed by atoms with van der Waals surface area (Å²) >= 11 is 0. The summed E-state index contributed by atoms with van der Waals surface area (Å²) in [5.41, 5.74) is 2.17. The molecule has 0 saturated carbocycles. The fourth-order valence-corrected chi connectivity index (χ4v) is 2.15. The van der Waals surface area contributed by atoms with Gasteiger partial charge in [0.05, 0.1) is 11.9 Å². The van der Waals surface area contributed by atoms with Crippen LogP contribution in [0.15, 0.2) is 24.7 Å². The van der Waals surface area contributed by atoms with Crippen LogP contribution in [0.5, 0.6) is 0 Å². The van der Waals surface area contributed by atoms with Crippen LogP contribution in [0, 0.1) is 0 Å². The minimum absolute atomic E-state index is 0.913. The second-order valence-electron chi connectivity index (χ2n) is 4.00. The van der Waals surface area contributed by atoms with Crippen molar-refractivity contribution in [3.05, 3.63) is 24.7 Å². The van der Waals surface area contributed by atoms with Crippen LogP contribution in [-0.2, 0) is 0 Å². The van der Waals surface area contributed by atoms with Crippen LogP contribution in [0.4, 0.5) is 5.69 Å². The number of nitrogens with zero attached hydrogens (tertiary/aromatic N) is 4. The molecule has 0 N–H and O–H groups in total. The van der Waals surface area contributed by atoms with Crippen LogP contribution >= 0.6 is 0 Å². The van der Waals surface area contributed by atoms with Crippen molar-refractivity contribution < 1.29 is 0 Å². The van der Waals surface area contributed by atoms with Gasteiger partial charge in [-0.3, -0.25) is 0 Å². The first kappa shape index (κ1) is 8.71. The Morgan fingerprint density at radius 2 is 1.93 bits per heavy atom. The van der Waals surface area contributed by atoms with Crippen molar-refractivity contribution in [2.24, 2.45) is 0 Å². The van der Waals surface area contributed by atoms with E-state index < -0.39 is 0 Å². The van der Waals surface area contributed by atoms with Gasteiger partial charge in [0, 0.05) is 13.1 Å². The van der Waals surface area contributed by atoms with Crippen molar-refractivity contribution in [1.82, 2.24) is 14.6 Å². The molecule has 0 aliphatic carbocycles. The van der Waals surface area contributed by atoms with E-state index in [0.29, 0.717) is 0 Å². The lowest BCUT2D eigenvalue weighted by Crippen LogP contribution is -2.29. The first-order chi connectivity index (χ1) is 7.43. The zero-order valence-electron chi connectivity index (χ0n) is 8.63. The summed E-state index contributed by atoms with van der Waals surface area (Å²) in [6.07, 6.45) is 7.62. The van der Waals surface area contributed by atoms with Gasteiger partial charge >= 0.3 is 0 Å². The maximum Gasteiger partial charge on any atom is 0.155 e. The summed E-state index contributed by atoms with van der Waals surface area (Å²) in [7, 11) is 0. The molecule has 4 heteroatoms. The fourth-order valence-electron chi connectivity index (χ4n) is 2.15. The van der Waals surface area contributed by atoms with Crippen LogP contribution in [0.25, 0.3) is 5.65 Å². The average molecular weight is 202 g/mol. The summed E-state index contributed by atoms with van der Waals surface area (Å²) in [6, 6.07) is 4.16. The summed E-state index contributed by atoms with van der Waals surface area (Å²) in [4.78, 5) is 6.56. The molecule has 0 aromatic carbocycles. The molecule has 2 aromatic rings. The summed E-state index contributed by atoms with van der Waals surface area (Å²) in [6.45, 7) is 2.33. The molecule has 1 fully saturated rings. The largest absolute Gasteiger partial charge is 0.370 e. The molecule has 4 nitrogen and oxygen atoms in total. The SMILES string of the molecule is c1nc2ccc(N3CCCCC3)cn2n1. The Kier molecular flexibility index (Phi) is 2.05. The van der Waals surface area contributed by atoms with Crippen molar-refractivity contribution in [2.45, 2.75) is 19.3 Å². The maximum absolute atomic E-state index is 4.15. The van der Waals surface area contributed by atoms with E-state index in [1.807, 2.05) is 10.6 Å². The van der Waals surface area contributed by atoms with Crippen LogP contribution in [0.3, 0.4) is 0 Å². The molecule has 3 rings (SSSR count). The van der Waals surface area contributed by atoms with Crippen molar-refractivity contribution in [1.29, 1.82) is 0 Å². The highest BCUT2D eigenvalue weighted by molar-refractivity contribution is 5.51. The number of aromatic nitrogens is 3. The Balaban J connectivity index is 1.95. The molecule has 1 aliphatic rings. The monoisotopic (exact) mass is 202 g/mol. The van der Waals surface area contributed by atoms with E-state index in [0.717, 1.165) is 5.65 Å². The third-order valence-corrected chi connectivity index (χ3v) is 2.98. The molecule has 0 unspecified atom stereocenters. The number of hydrogen-bond donors (Lipinski definition) is 0. The predicted molar refractivity (Wildman–Crippen MR) is 59.1 cm³/mol. The first-order valence-corrected chi connectivity index (χ1v) is 5.48. The van der Waals surface area contributed by atoms with Gasteiger partial charge in [0.15, 0.2) is 5.65 Å². The zero-order valence-corrected chi connectivity index (χ0v) is 8.63. The van der Waals surface area contributed by atoms with Gasteiger partial charge in [-0.15, -0.1) is 0 Å². The van der Waals surface area contributed by atoms with E-state index in [-0.39, 0.29) is 0 Å². The molecule has 3 heterocycles. The Labute approximate surface area is 88.5 Å². The molecule has 2 aromatic heterocycles. The molecule has 1 saturated heterocycles. The van der Waals surface area contributed by atoms with E-state index in [4.69, 9.17) is 0 Å². The molecule has 0 atom stereocenters. The van der Waals surface area contributed by atoms with Gasteiger partial charge in [-0.1, -0.05) is 0 Å². The van der Waals surface area contributed by atoms with E-state index in [1.54, 1.807) is 6.33 Å². The smallest absolute Gasteiger partial charge is 0.155 e. The maximum atomic E-state index is 4.15. The third-order valence-electron chi connectivity index (χ3n) is 2.98. The van der Waals surface area contributed by atoms with Crippen molar-refractivity contribution in [2.75, 3.05) is 18.0 Å². The molecule has 0 radical (unpaired) electrons. The van der Waals surface area contributed by atoms with E-state index in [2.05, 4.69) is 27.2 Å². The second-order valence-corrected chi connectivity index (χ2v) is 4.00. The summed E-state index contributed by atoms with van der Waals surface area (Å²) in [5, 5.41) is 4.15. The van der Waals surface area contributed by atoms with Gasteiger partial charge < -0.3 is 4.90 Å². The molecule has 78 valence electrons. The van der Waals surface area contributed by atoms with Crippen molar-refractivity contribution in [3.8, 4) is 0 Å². The number of fused-ring (bicyclic) bond motifs is 1. The lowest BCUT2D eigenvalue weighted by Gasteiger charge is -2.28. The highest BCUT2D eigenvalue weighted by Crippen LogP contribution is 2.19. The lowest BCUT2D eigenvalue weighted by molar-refractivity contribution is 0.577. The highest BCUT2D eigenvalue weighted by atomic mass is 15.3. The Hall–Kier alpha value is -1.58. The van der Waals surface area contributed by atoms with Gasteiger partial charge in [0.1, 0.15) is 6.33 Å². The molecule has 0 bridgehead atoms. The third kappa shape index (κ3) is 1.56. The quantitative estimate of drug-likeness (QED) is 0.706. The average Bonchev–Trinajstić information content (AvgIpc) is 2.77. The highest BCUT2D eigenvalue weighted by Gasteiger charge is 2.11. The van der Waals surface area contributed by atoms with Gasteiger partial charge in [-0.25, -0.2) is 9.50 Å². The van der Waals surface area contributed by atoms with Gasteiger partial charge in [-0.2, -0.15) is 5.10 Å². The number of hydrogen-bond acceptors (Lipinski definition) is 3. The summed E-state index contributed by atoms with van der Waals surface area (Å²) < 4.78 is 1.84. The Bertz CT molecular complexity index is 456. The Morgan fingerprint density at radius 1 is 1.07 bits per heavy atom. The molecule has 0 spiro atoms. The van der Waals surface area contributed by atoms with Crippen LogP contribution in [-0.4, -0.2) is 27.7 Å². The van der Waals surface area contributed by atoms with Gasteiger partial charge in [0.2, 0.25) is 0 Å².